The van der Waals surface area contributed by atoms with Crippen molar-refractivity contribution < 1.29 is 4.74 Å². The van der Waals surface area contributed by atoms with Crippen molar-refractivity contribution in [1.29, 1.82) is 0 Å². The van der Waals surface area contributed by atoms with E-state index < -0.39 is 0 Å². The van der Waals surface area contributed by atoms with Crippen molar-refractivity contribution in [2.45, 2.75) is 39.0 Å². The highest BCUT2D eigenvalue weighted by molar-refractivity contribution is 5.25. The predicted octanol–water partition coefficient (Wildman–Crippen LogP) is 1.73. The minimum atomic E-state index is 0.294. The lowest BCUT2D eigenvalue weighted by Crippen LogP contribution is -2.20. The quantitative estimate of drug-likeness (QED) is 0.810. The van der Waals surface area contributed by atoms with Gasteiger partial charge in [-0.25, -0.2) is 9.97 Å². The van der Waals surface area contributed by atoms with Crippen LogP contribution in [-0.4, -0.2) is 51.4 Å². The van der Waals surface area contributed by atoms with E-state index in [1.165, 1.54) is 5.56 Å². The number of aromatic amines is 1. The zero-order valence-corrected chi connectivity index (χ0v) is 13.7. The van der Waals surface area contributed by atoms with E-state index in [-0.39, 0.29) is 0 Å². The molecular weight excluding hydrogens is 292 g/mol. The van der Waals surface area contributed by atoms with Gasteiger partial charge in [0.1, 0.15) is 0 Å². The summed E-state index contributed by atoms with van der Waals surface area (Å²) >= 11 is 0. The van der Waals surface area contributed by atoms with E-state index in [1.807, 2.05) is 25.5 Å². The van der Waals surface area contributed by atoms with Gasteiger partial charge in [-0.2, -0.15) is 5.10 Å². The summed E-state index contributed by atoms with van der Waals surface area (Å²) in [4.78, 5) is 11.0. The highest BCUT2D eigenvalue weighted by Crippen LogP contribution is 2.13. The summed E-state index contributed by atoms with van der Waals surface area (Å²) in [6, 6.07) is 0. The molecule has 0 unspecified atom stereocenters. The van der Waals surface area contributed by atoms with E-state index in [1.54, 1.807) is 0 Å². The van der Waals surface area contributed by atoms with Gasteiger partial charge >= 0.3 is 0 Å². The van der Waals surface area contributed by atoms with Crippen LogP contribution in [0.4, 0.5) is 5.95 Å². The molecule has 0 radical (unpaired) electrons. The number of hydrogen-bond donors (Lipinski definition) is 2. The van der Waals surface area contributed by atoms with Gasteiger partial charge in [0, 0.05) is 55.5 Å². The molecule has 23 heavy (non-hydrogen) atoms. The van der Waals surface area contributed by atoms with Gasteiger partial charge in [0.2, 0.25) is 5.95 Å². The van der Waals surface area contributed by atoms with Crippen LogP contribution in [0.2, 0.25) is 0 Å². The summed E-state index contributed by atoms with van der Waals surface area (Å²) in [6.07, 6.45) is 8.19. The largest absolute Gasteiger partial charge is 0.376 e. The first-order chi connectivity index (χ1) is 11.2. The Hall–Kier alpha value is -1.99. The summed E-state index contributed by atoms with van der Waals surface area (Å²) in [7, 11) is 2.08. The second-order valence-corrected chi connectivity index (χ2v) is 6.12. The first kappa shape index (κ1) is 15.9. The summed E-state index contributed by atoms with van der Waals surface area (Å²) < 4.78 is 5.58. The van der Waals surface area contributed by atoms with Gasteiger partial charge in [0.25, 0.3) is 0 Å². The maximum atomic E-state index is 5.58. The summed E-state index contributed by atoms with van der Waals surface area (Å²) in [5.74, 6) is 0.664. The van der Waals surface area contributed by atoms with Crippen LogP contribution in [0.5, 0.6) is 0 Å². The molecule has 2 aromatic heterocycles. The average Bonchev–Trinajstić information content (AvgIpc) is 3.19. The molecule has 0 aliphatic carbocycles. The van der Waals surface area contributed by atoms with Crippen LogP contribution < -0.4 is 5.32 Å². The molecule has 0 bridgehead atoms. The molecule has 1 saturated heterocycles. The van der Waals surface area contributed by atoms with E-state index in [9.17, 15) is 0 Å². The van der Waals surface area contributed by atoms with Gasteiger partial charge in [-0.15, -0.1) is 0 Å². The molecule has 124 valence electrons. The second-order valence-electron chi connectivity index (χ2n) is 6.12. The van der Waals surface area contributed by atoms with Crippen molar-refractivity contribution in [2.24, 2.45) is 0 Å². The van der Waals surface area contributed by atoms with Crippen molar-refractivity contribution in [3.63, 3.8) is 0 Å². The molecule has 3 heterocycles. The lowest BCUT2D eigenvalue weighted by atomic mass is 10.2. The summed E-state index contributed by atoms with van der Waals surface area (Å²) in [5, 5.41) is 10.3. The van der Waals surface area contributed by atoms with Gasteiger partial charge in [-0.1, -0.05) is 0 Å². The number of aromatic nitrogens is 4. The third-order valence-electron chi connectivity index (χ3n) is 4.04. The molecule has 3 rings (SSSR count). The van der Waals surface area contributed by atoms with Gasteiger partial charge in [-0.3, -0.25) is 10.00 Å². The maximum absolute atomic E-state index is 5.58. The van der Waals surface area contributed by atoms with Crippen LogP contribution in [0.1, 0.15) is 29.7 Å². The third kappa shape index (κ3) is 4.49. The van der Waals surface area contributed by atoms with Crippen LogP contribution in [-0.2, 0) is 17.8 Å². The number of nitrogens with one attached hydrogen (secondary N) is 2. The fourth-order valence-corrected chi connectivity index (χ4v) is 2.73. The zero-order chi connectivity index (χ0) is 16.1. The highest BCUT2D eigenvalue weighted by atomic mass is 16.5. The number of anilines is 1. The lowest BCUT2D eigenvalue weighted by molar-refractivity contribution is 0.120. The summed E-state index contributed by atoms with van der Waals surface area (Å²) in [6.45, 7) is 5.33. The Morgan fingerprint density at radius 3 is 2.78 bits per heavy atom. The Bertz CT molecular complexity index is 605. The SMILES string of the molecule is Cc1[nH]ncc1CN(C)Cc1cnc(NC[C@H]2CCCO2)nc1. The Labute approximate surface area is 136 Å². The number of nitrogens with zero attached hydrogens (tertiary/aromatic N) is 4. The molecule has 0 aromatic carbocycles. The fourth-order valence-electron chi connectivity index (χ4n) is 2.73. The molecule has 1 fully saturated rings. The standard InChI is InChI=1S/C16H24N6O/c1-12-14(8-20-21-12)11-22(2)10-13-6-17-16(18-7-13)19-9-15-4-3-5-23-15/h6-8,15H,3-5,9-11H2,1-2H3,(H,20,21)(H,17,18,19)/t15-/m1/s1. The van der Waals surface area contributed by atoms with Crippen LogP contribution in [0.15, 0.2) is 18.6 Å². The average molecular weight is 316 g/mol. The van der Waals surface area contributed by atoms with Crippen molar-refractivity contribution in [3.05, 3.63) is 35.4 Å². The first-order valence-electron chi connectivity index (χ1n) is 8.04. The Kier molecular flexibility index (Phi) is 5.19. The minimum Gasteiger partial charge on any atom is -0.376 e. The lowest BCUT2D eigenvalue weighted by Gasteiger charge is -2.16. The van der Waals surface area contributed by atoms with E-state index >= 15 is 0 Å². The molecule has 0 saturated carbocycles. The van der Waals surface area contributed by atoms with Gasteiger partial charge in [-0.05, 0) is 26.8 Å². The molecule has 7 heteroatoms. The number of hydrogen-bond acceptors (Lipinski definition) is 6. The van der Waals surface area contributed by atoms with Crippen LogP contribution >= 0.6 is 0 Å². The maximum Gasteiger partial charge on any atom is 0.222 e. The molecule has 2 aromatic rings. The fraction of sp³-hybridized carbons (Fsp3) is 0.562. The molecule has 0 spiro atoms. The molecule has 1 atom stereocenters. The van der Waals surface area contributed by atoms with E-state index in [4.69, 9.17) is 4.74 Å². The number of ether oxygens (including phenoxy) is 1. The molecular formula is C16H24N6O. The summed E-state index contributed by atoms with van der Waals surface area (Å²) in [5.41, 5.74) is 3.42. The topological polar surface area (TPSA) is 79.0 Å². The van der Waals surface area contributed by atoms with E-state index in [2.05, 4.69) is 37.4 Å². The number of H-pyrrole nitrogens is 1. The molecule has 1 aliphatic heterocycles. The zero-order valence-electron chi connectivity index (χ0n) is 13.7. The first-order valence-corrected chi connectivity index (χ1v) is 8.04. The molecule has 2 N–H and O–H groups in total. The third-order valence-corrected chi connectivity index (χ3v) is 4.04. The van der Waals surface area contributed by atoms with Crippen molar-refractivity contribution in [3.8, 4) is 0 Å². The number of aryl methyl sites for hydroxylation is 1. The van der Waals surface area contributed by atoms with Crippen LogP contribution in [0.25, 0.3) is 0 Å². The van der Waals surface area contributed by atoms with Gasteiger partial charge < -0.3 is 10.1 Å². The predicted molar refractivity (Wildman–Crippen MR) is 88.0 cm³/mol. The number of rotatable bonds is 7. The molecule has 1 aliphatic rings. The second kappa shape index (κ2) is 7.52. The van der Waals surface area contributed by atoms with Gasteiger partial charge in [0.05, 0.1) is 12.3 Å². The monoisotopic (exact) mass is 316 g/mol. The van der Waals surface area contributed by atoms with Gasteiger partial charge in [0.15, 0.2) is 0 Å². The van der Waals surface area contributed by atoms with E-state index in [0.717, 1.165) is 50.3 Å². The molecule has 0 amide bonds. The smallest absolute Gasteiger partial charge is 0.222 e. The molecule has 7 nitrogen and oxygen atoms in total. The minimum absolute atomic E-state index is 0.294. The van der Waals surface area contributed by atoms with Crippen molar-refractivity contribution in [1.82, 2.24) is 25.1 Å². The Morgan fingerprint density at radius 2 is 2.13 bits per heavy atom. The van der Waals surface area contributed by atoms with Crippen molar-refractivity contribution in [2.75, 3.05) is 25.5 Å². The van der Waals surface area contributed by atoms with Crippen LogP contribution in [0, 0.1) is 6.92 Å². The Balaban J connectivity index is 1.47. The highest BCUT2D eigenvalue weighted by Gasteiger charge is 2.15. The normalized spacial score (nSPS) is 17.8. The van der Waals surface area contributed by atoms with E-state index in [0.29, 0.717) is 12.1 Å². The Morgan fingerprint density at radius 1 is 1.30 bits per heavy atom. The van der Waals surface area contributed by atoms with Crippen LogP contribution in [0.3, 0.4) is 0 Å². The van der Waals surface area contributed by atoms with Crippen molar-refractivity contribution >= 4 is 5.95 Å².